The van der Waals surface area contributed by atoms with Gasteiger partial charge >= 0.3 is 0 Å². The highest BCUT2D eigenvalue weighted by Crippen LogP contribution is 2.20. The maximum absolute atomic E-state index is 9.21. The van der Waals surface area contributed by atoms with Crippen LogP contribution in [-0.4, -0.2) is 62.5 Å². The lowest BCUT2D eigenvalue weighted by molar-refractivity contribution is -0.296. The maximum Gasteiger partial charge on any atom is 0.184 e. The van der Waals surface area contributed by atoms with Crippen molar-refractivity contribution in [3.63, 3.8) is 0 Å². The highest BCUT2D eigenvalue weighted by atomic mass is 16.6. The Labute approximate surface area is 74.0 Å². The van der Waals surface area contributed by atoms with Crippen molar-refractivity contribution >= 4 is 0 Å². The minimum atomic E-state index is -1.67. The second-order valence-corrected chi connectivity index (χ2v) is 2.95. The quantitative estimate of drug-likeness (QED) is 0.235. The Morgan fingerprint density at radius 1 is 1.00 bits per heavy atom. The zero-order valence-corrected chi connectivity index (χ0v) is 6.69. The second-order valence-electron chi connectivity index (χ2n) is 2.95. The van der Waals surface area contributed by atoms with Gasteiger partial charge in [-0.2, -0.15) is 0 Å². The van der Waals surface area contributed by atoms with Gasteiger partial charge < -0.3 is 36.0 Å². The molecule has 1 aliphatic rings. The van der Waals surface area contributed by atoms with Crippen molar-refractivity contribution in [3.05, 3.63) is 0 Å². The molecule has 1 saturated heterocycles. The summed E-state index contributed by atoms with van der Waals surface area (Å²) >= 11 is 0. The Kier molecular flexibility index (Phi) is 3.19. The molecular weight excluding hydrogens is 182 g/mol. The summed E-state index contributed by atoms with van der Waals surface area (Å²) in [6, 6.07) is 0. The standard InChI is InChI=1S/C6H13NO6/c7-5(11)4-2(9)1(8)3(10)6(12)13-4/h1-6,8-12H,7H2/t1-,2-,3+,4-,5?,6?/m0/s1. The van der Waals surface area contributed by atoms with E-state index < -0.39 is 36.9 Å². The number of aliphatic hydroxyl groups excluding tert-OH is 5. The molecule has 1 fully saturated rings. The number of hydrogen-bond donors (Lipinski definition) is 6. The van der Waals surface area contributed by atoms with Crippen LogP contribution >= 0.6 is 0 Å². The first-order chi connectivity index (χ1) is 5.95. The van der Waals surface area contributed by atoms with Gasteiger partial charge in [0, 0.05) is 0 Å². The maximum atomic E-state index is 9.21. The summed E-state index contributed by atoms with van der Waals surface area (Å²) in [5.41, 5.74) is 4.99. The molecule has 7 nitrogen and oxygen atoms in total. The van der Waals surface area contributed by atoms with Crippen molar-refractivity contribution in [2.45, 2.75) is 36.9 Å². The van der Waals surface area contributed by atoms with Crippen LogP contribution in [0.2, 0.25) is 0 Å². The van der Waals surface area contributed by atoms with E-state index in [2.05, 4.69) is 4.74 Å². The minimum absolute atomic E-state index is 1.31. The van der Waals surface area contributed by atoms with E-state index in [0.717, 1.165) is 0 Å². The molecule has 0 spiro atoms. The predicted molar refractivity (Wildman–Crippen MR) is 39.1 cm³/mol. The number of aliphatic hydroxyl groups is 5. The van der Waals surface area contributed by atoms with Gasteiger partial charge in [0.15, 0.2) is 6.29 Å². The van der Waals surface area contributed by atoms with E-state index in [-0.39, 0.29) is 0 Å². The molecule has 1 aliphatic heterocycles. The molecule has 0 aliphatic carbocycles. The summed E-state index contributed by atoms with van der Waals surface area (Å²) in [6.07, 6.45) is -9.24. The lowest BCUT2D eigenvalue weighted by Gasteiger charge is -2.39. The predicted octanol–water partition coefficient (Wildman–Crippen LogP) is -3.94. The van der Waals surface area contributed by atoms with Crippen LogP contribution in [0.25, 0.3) is 0 Å². The zero-order valence-electron chi connectivity index (χ0n) is 6.69. The van der Waals surface area contributed by atoms with E-state index in [9.17, 15) is 5.11 Å². The summed E-state index contributed by atoms with van der Waals surface area (Å²) in [7, 11) is 0. The van der Waals surface area contributed by atoms with Gasteiger partial charge in [0.05, 0.1) is 0 Å². The molecule has 0 aromatic carbocycles. The van der Waals surface area contributed by atoms with Gasteiger partial charge in [-0.05, 0) is 0 Å². The van der Waals surface area contributed by atoms with Crippen LogP contribution < -0.4 is 5.73 Å². The average Bonchev–Trinajstić information content (AvgIpc) is 2.07. The summed E-state index contributed by atoms with van der Waals surface area (Å²) in [5.74, 6) is 0. The topological polar surface area (TPSA) is 136 Å². The van der Waals surface area contributed by atoms with Crippen molar-refractivity contribution in [3.8, 4) is 0 Å². The van der Waals surface area contributed by atoms with E-state index in [1.807, 2.05) is 0 Å². The van der Waals surface area contributed by atoms with Gasteiger partial charge in [-0.15, -0.1) is 0 Å². The Bertz CT molecular complexity index is 177. The Hall–Kier alpha value is -0.280. The van der Waals surface area contributed by atoms with Crippen LogP contribution in [0.15, 0.2) is 0 Å². The SMILES string of the molecule is NC(O)[C@H]1OC(O)[C@H](O)[C@@H](O)[C@@H]1O. The molecule has 13 heavy (non-hydrogen) atoms. The Balaban J connectivity index is 2.70. The van der Waals surface area contributed by atoms with Crippen molar-refractivity contribution in [2.24, 2.45) is 5.73 Å². The first-order valence-electron chi connectivity index (χ1n) is 3.76. The molecule has 78 valence electrons. The Morgan fingerprint density at radius 3 is 2.00 bits per heavy atom. The number of nitrogens with two attached hydrogens (primary N) is 1. The molecule has 1 rings (SSSR count). The fourth-order valence-electron chi connectivity index (χ4n) is 1.17. The first-order valence-corrected chi connectivity index (χ1v) is 3.76. The fraction of sp³-hybridized carbons (Fsp3) is 1.00. The summed E-state index contributed by atoms with van der Waals surface area (Å²) in [5, 5.41) is 45.2. The van der Waals surface area contributed by atoms with Gasteiger partial charge in [-0.25, -0.2) is 0 Å². The fourth-order valence-corrected chi connectivity index (χ4v) is 1.17. The van der Waals surface area contributed by atoms with Crippen molar-refractivity contribution < 1.29 is 30.3 Å². The molecule has 0 aromatic rings. The lowest BCUT2D eigenvalue weighted by Crippen LogP contribution is -2.62. The van der Waals surface area contributed by atoms with Gasteiger partial charge in [0.1, 0.15) is 30.6 Å². The van der Waals surface area contributed by atoms with Crippen LogP contribution in [0, 0.1) is 0 Å². The molecule has 6 atom stereocenters. The monoisotopic (exact) mass is 195 g/mol. The Morgan fingerprint density at radius 2 is 1.54 bits per heavy atom. The van der Waals surface area contributed by atoms with Crippen LogP contribution in [0.4, 0.5) is 0 Å². The first kappa shape index (κ1) is 10.8. The molecular formula is C6H13NO6. The van der Waals surface area contributed by atoms with E-state index in [4.69, 9.17) is 26.2 Å². The van der Waals surface area contributed by atoms with Gasteiger partial charge in [-0.1, -0.05) is 0 Å². The molecule has 0 aromatic heterocycles. The molecule has 1 heterocycles. The zero-order chi connectivity index (χ0) is 10.2. The van der Waals surface area contributed by atoms with Gasteiger partial charge in [0.25, 0.3) is 0 Å². The van der Waals surface area contributed by atoms with E-state index in [0.29, 0.717) is 0 Å². The third-order valence-corrected chi connectivity index (χ3v) is 1.96. The van der Waals surface area contributed by atoms with E-state index in [1.165, 1.54) is 0 Å². The van der Waals surface area contributed by atoms with Crippen molar-refractivity contribution in [2.75, 3.05) is 0 Å². The summed E-state index contributed by atoms with van der Waals surface area (Å²) in [6.45, 7) is 0. The average molecular weight is 195 g/mol. The number of hydrogen-bond acceptors (Lipinski definition) is 7. The number of ether oxygens (including phenoxy) is 1. The third kappa shape index (κ3) is 1.97. The number of rotatable bonds is 1. The van der Waals surface area contributed by atoms with Crippen LogP contribution in [-0.2, 0) is 4.74 Å². The molecule has 2 unspecified atom stereocenters. The molecule has 0 saturated carbocycles. The minimum Gasteiger partial charge on any atom is -0.387 e. The van der Waals surface area contributed by atoms with Crippen molar-refractivity contribution in [1.29, 1.82) is 0 Å². The highest BCUT2D eigenvalue weighted by Gasteiger charge is 2.44. The molecule has 7 N–H and O–H groups in total. The highest BCUT2D eigenvalue weighted by molar-refractivity contribution is 4.90. The second kappa shape index (κ2) is 3.84. The van der Waals surface area contributed by atoms with Crippen LogP contribution in [0.1, 0.15) is 0 Å². The van der Waals surface area contributed by atoms with E-state index in [1.54, 1.807) is 0 Å². The summed E-state index contributed by atoms with van der Waals surface area (Å²) in [4.78, 5) is 0. The van der Waals surface area contributed by atoms with Gasteiger partial charge in [0.2, 0.25) is 0 Å². The third-order valence-electron chi connectivity index (χ3n) is 1.96. The van der Waals surface area contributed by atoms with Crippen LogP contribution in [0.5, 0.6) is 0 Å². The molecule has 7 heteroatoms. The van der Waals surface area contributed by atoms with E-state index >= 15 is 0 Å². The molecule has 0 amide bonds. The lowest BCUT2D eigenvalue weighted by atomic mass is 9.98. The molecule has 0 bridgehead atoms. The van der Waals surface area contributed by atoms with Gasteiger partial charge in [-0.3, -0.25) is 0 Å². The van der Waals surface area contributed by atoms with Crippen LogP contribution in [0.3, 0.4) is 0 Å². The summed E-state index contributed by atoms with van der Waals surface area (Å²) < 4.78 is 4.56. The smallest absolute Gasteiger partial charge is 0.184 e. The largest absolute Gasteiger partial charge is 0.387 e. The van der Waals surface area contributed by atoms with Crippen molar-refractivity contribution in [1.82, 2.24) is 0 Å². The molecule has 0 radical (unpaired) electrons. The normalized spacial score (nSPS) is 48.9.